The summed E-state index contributed by atoms with van der Waals surface area (Å²) in [6.45, 7) is 2.50. The van der Waals surface area contributed by atoms with Crippen molar-refractivity contribution in [3.8, 4) is 0 Å². The molecule has 0 saturated carbocycles. The third kappa shape index (κ3) is 3.37. The molecule has 0 spiro atoms. The van der Waals surface area contributed by atoms with Gasteiger partial charge in [0.1, 0.15) is 11.6 Å². The molecule has 0 saturated heterocycles. The van der Waals surface area contributed by atoms with Crippen molar-refractivity contribution in [1.82, 2.24) is 5.32 Å². The number of nitrogens with one attached hydrogen (secondary N) is 1. The van der Waals surface area contributed by atoms with Crippen LogP contribution < -0.4 is 5.32 Å². The molecule has 0 radical (unpaired) electrons. The molecule has 0 aliphatic heterocycles. The zero-order chi connectivity index (χ0) is 13.0. The van der Waals surface area contributed by atoms with Gasteiger partial charge in [0, 0.05) is 12.6 Å². The van der Waals surface area contributed by atoms with Crippen LogP contribution in [0.3, 0.4) is 0 Å². The van der Waals surface area contributed by atoms with Crippen LogP contribution in [0.1, 0.15) is 24.1 Å². The quantitative estimate of drug-likeness (QED) is 0.866. The van der Waals surface area contributed by atoms with Gasteiger partial charge < -0.3 is 5.32 Å². The molecule has 2 aromatic rings. The van der Waals surface area contributed by atoms with Crippen molar-refractivity contribution in [2.24, 2.45) is 0 Å². The Morgan fingerprint density at radius 1 is 1.00 bits per heavy atom. The van der Waals surface area contributed by atoms with Gasteiger partial charge >= 0.3 is 0 Å². The predicted molar refractivity (Wildman–Crippen MR) is 68.1 cm³/mol. The first-order chi connectivity index (χ1) is 8.65. The van der Waals surface area contributed by atoms with Crippen LogP contribution in [0.15, 0.2) is 48.5 Å². The zero-order valence-corrected chi connectivity index (χ0v) is 10.2. The van der Waals surface area contributed by atoms with Crippen molar-refractivity contribution in [2.75, 3.05) is 0 Å². The summed E-state index contributed by atoms with van der Waals surface area (Å²) in [5, 5.41) is 3.24. The molecule has 1 N–H and O–H groups in total. The zero-order valence-electron chi connectivity index (χ0n) is 10.2. The largest absolute Gasteiger partial charge is 0.306 e. The Balaban J connectivity index is 1.98. The lowest BCUT2D eigenvalue weighted by Gasteiger charge is -2.14. The fourth-order valence-corrected chi connectivity index (χ4v) is 1.81. The van der Waals surface area contributed by atoms with Gasteiger partial charge in [0.25, 0.3) is 0 Å². The van der Waals surface area contributed by atoms with E-state index in [1.807, 2.05) is 19.1 Å². The summed E-state index contributed by atoms with van der Waals surface area (Å²) in [6, 6.07) is 12.9. The molecule has 0 amide bonds. The highest BCUT2D eigenvalue weighted by atomic mass is 19.1. The standard InChI is InChI=1S/C15H15F2N/c1-11(13-5-3-7-15(17)9-13)18-10-12-4-2-6-14(16)8-12/h2-9,11,18H,10H2,1H3/t11-/m0/s1. The summed E-state index contributed by atoms with van der Waals surface area (Å²) in [5.41, 5.74) is 1.75. The Morgan fingerprint density at radius 2 is 1.67 bits per heavy atom. The third-order valence-corrected chi connectivity index (χ3v) is 2.85. The van der Waals surface area contributed by atoms with Gasteiger partial charge in [-0.15, -0.1) is 0 Å². The molecule has 2 aromatic carbocycles. The van der Waals surface area contributed by atoms with Gasteiger partial charge in [0.15, 0.2) is 0 Å². The fraction of sp³-hybridized carbons (Fsp3) is 0.200. The Hall–Kier alpha value is -1.74. The molecule has 0 aromatic heterocycles. The normalized spacial score (nSPS) is 12.4. The van der Waals surface area contributed by atoms with Crippen molar-refractivity contribution in [3.63, 3.8) is 0 Å². The van der Waals surface area contributed by atoms with Gasteiger partial charge in [-0.05, 0) is 42.3 Å². The van der Waals surface area contributed by atoms with Gasteiger partial charge in [-0.3, -0.25) is 0 Å². The molecular weight excluding hydrogens is 232 g/mol. The van der Waals surface area contributed by atoms with Gasteiger partial charge in [-0.1, -0.05) is 24.3 Å². The maximum absolute atomic E-state index is 13.1. The molecule has 1 nitrogen and oxygen atoms in total. The average molecular weight is 247 g/mol. The van der Waals surface area contributed by atoms with Gasteiger partial charge in [0.2, 0.25) is 0 Å². The van der Waals surface area contributed by atoms with Crippen molar-refractivity contribution in [3.05, 3.63) is 71.3 Å². The van der Waals surface area contributed by atoms with Crippen LogP contribution >= 0.6 is 0 Å². The summed E-state index contributed by atoms with van der Waals surface area (Å²) in [7, 11) is 0. The molecule has 94 valence electrons. The van der Waals surface area contributed by atoms with E-state index in [1.54, 1.807) is 12.1 Å². The molecule has 1 atom stereocenters. The van der Waals surface area contributed by atoms with E-state index in [0.717, 1.165) is 11.1 Å². The molecule has 2 rings (SSSR count). The van der Waals surface area contributed by atoms with E-state index in [2.05, 4.69) is 5.32 Å². The van der Waals surface area contributed by atoms with Crippen molar-refractivity contribution >= 4 is 0 Å². The van der Waals surface area contributed by atoms with Crippen LogP contribution in [-0.4, -0.2) is 0 Å². The van der Waals surface area contributed by atoms with E-state index in [9.17, 15) is 8.78 Å². The molecule has 0 fully saturated rings. The predicted octanol–water partition coefficient (Wildman–Crippen LogP) is 3.82. The van der Waals surface area contributed by atoms with E-state index in [1.165, 1.54) is 24.3 Å². The van der Waals surface area contributed by atoms with Crippen LogP contribution in [0.4, 0.5) is 8.78 Å². The van der Waals surface area contributed by atoms with Crippen LogP contribution in [0, 0.1) is 11.6 Å². The maximum atomic E-state index is 13.1. The average Bonchev–Trinajstić information content (AvgIpc) is 2.36. The Labute approximate surface area is 105 Å². The molecule has 3 heteroatoms. The van der Waals surface area contributed by atoms with Crippen molar-refractivity contribution in [1.29, 1.82) is 0 Å². The molecule has 18 heavy (non-hydrogen) atoms. The second-order valence-corrected chi connectivity index (χ2v) is 4.29. The minimum absolute atomic E-state index is 0.0176. The molecule has 0 unspecified atom stereocenters. The van der Waals surface area contributed by atoms with E-state index < -0.39 is 0 Å². The van der Waals surface area contributed by atoms with Gasteiger partial charge in [0.05, 0.1) is 0 Å². The highest BCUT2D eigenvalue weighted by molar-refractivity contribution is 5.20. The Kier molecular flexibility index (Phi) is 4.05. The number of rotatable bonds is 4. The molecule has 0 heterocycles. The lowest BCUT2D eigenvalue weighted by molar-refractivity contribution is 0.561. The summed E-state index contributed by atoms with van der Waals surface area (Å²) >= 11 is 0. The van der Waals surface area contributed by atoms with Crippen molar-refractivity contribution < 1.29 is 8.78 Å². The lowest BCUT2D eigenvalue weighted by Crippen LogP contribution is -2.18. The molecule has 0 bridgehead atoms. The minimum Gasteiger partial charge on any atom is -0.306 e. The van der Waals surface area contributed by atoms with Gasteiger partial charge in [-0.25, -0.2) is 8.78 Å². The number of halogens is 2. The first kappa shape index (κ1) is 12.7. The summed E-state index contributed by atoms with van der Waals surface area (Å²) in [5.74, 6) is -0.486. The molecule has 0 aliphatic rings. The Bertz CT molecular complexity index is 525. The summed E-state index contributed by atoms with van der Waals surface area (Å²) < 4.78 is 26.1. The highest BCUT2D eigenvalue weighted by Crippen LogP contribution is 2.14. The fourth-order valence-electron chi connectivity index (χ4n) is 1.81. The van der Waals surface area contributed by atoms with E-state index in [0.29, 0.717) is 6.54 Å². The lowest BCUT2D eigenvalue weighted by atomic mass is 10.1. The number of benzene rings is 2. The smallest absolute Gasteiger partial charge is 0.123 e. The summed E-state index contributed by atoms with van der Waals surface area (Å²) in [4.78, 5) is 0. The first-order valence-corrected chi connectivity index (χ1v) is 5.88. The second kappa shape index (κ2) is 5.74. The highest BCUT2D eigenvalue weighted by Gasteiger charge is 2.05. The molecular formula is C15H15F2N. The maximum Gasteiger partial charge on any atom is 0.123 e. The third-order valence-electron chi connectivity index (χ3n) is 2.85. The SMILES string of the molecule is C[C@H](NCc1cccc(F)c1)c1cccc(F)c1. The number of hydrogen-bond donors (Lipinski definition) is 1. The van der Waals surface area contributed by atoms with E-state index >= 15 is 0 Å². The van der Waals surface area contributed by atoms with Gasteiger partial charge in [-0.2, -0.15) is 0 Å². The topological polar surface area (TPSA) is 12.0 Å². The number of hydrogen-bond acceptors (Lipinski definition) is 1. The Morgan fingerprint density at radius 3 is 2.33 bits per heavy atom. The van der Waals surface area contributed by atoms with Crippen LogP contribution in [-0.2, 0) is 6.54 Å². The second-order valence-electron chi connectivity index (χ2n) is 4.29. The van der Waals surface area contributed by atoms with E-state index in [-0.39, 0.29) is 17.7 Å². The van der Waals surface area contributed by atoms with Crippen molar-refractivity contribution in [2.45, 2.75) is 19.5 Å². The summed E-state index contributed by atoms with van der Waals surface area (Å²) in [6.07, 6.45) is 0. The van der Waals surface area contributed by atoms with E-state index in [4.69, 9.17) is 0 Å². The first-order valence-electron chi connectivity index (χ1n) is 5.88. The van der Waals surface area contributed by atoms with Crippen LogP contribution in [0.5, 0.6) is 0 Å². The van der Waals surface area contributed by atoms with Crippen LogP contribution in [0.25, 0.3) is 0 Å². The minimum atomic E-state index is -0.244. The monoisotopic (exact) mass is 247 g/mol. The van der Waals surface area contributed by atoms with Crippen LogP contribution in [0.2, 0.25) is 0 Å². The molecule has 0 aliphatic carbocycles.